The Kier molecular flexibility index (Phi) is 6.43. The van der Waals surface area contributed by atoms with Gasteiger partial charge in [0.15, 0.2) is 18.3 Å². The highest BCUT2D eigenvalue weighted by Gasteiger charge is 2.14. The first-order chi connectivity index (χ1) is 13.1. The highest BCUT2D eigenvalue weighted by molar-refractivity contribution is 5.98. The molecule has 0 unspecified atom stereocenters. The SMILES string of the molecule is Cc1cc(NC(=O)CO/N=C(/N)c2ccccc2CN2CCCCC2)no1. The van der Waals surface area contributed by atoms with E-state index in [1.54, 1.807) is 13.0 Å². The number of hydrogen-bond acceptors (Lipinski definition) is 6. The second-order valence-electron chi connectivity index (χ2n) is 6.61. The van der Waals surface area contributed by atoms with Crippen LogP contribution in [0.1, 0.15) is 36.1 Å². The number of benzene rings is 1. The van der Waals surface area contributed by atoms with Crippen molar-refractivity contribution in [2.24, 2.45) is 10.9 Å². The van der Waals surface area contributed by atoms with Gasteiger partial charge in [-0.3, -0.25) is 9.69 Å². The van der Waals surface area contributed by atoms with E-state index < -0.39 is 0 Å². The lowest BCUT2D eigenvalue weighted by Crippen LogP contribution is -2.30. The minimum absolute atomic E-state index is 0.257. The first-order valence-corrected chi connectivity index (χ1v) is 9.11. The maximum atomic E-state index is 11.8. The third-order valence-corrected chi connectivity index (χ3v) is 4.39. The van der Waals surface area contributed by atoms with Gasteiger partial charge in [-0.25, -0.2) is 0 Å². The Hall–Kier alpha value is -2.87. The molecular formula is C19H25N5O3. The quantitative estimate of drug-likeness (QED) is 0.439. The van der Waals surface area contributed by atoms with Crippen LogP contribution in [0.2, 0.25) is 0 Å². The molecule has 0 atom stereocenters. The lowest BCUT2D eigenvalue weighted by Gasteiger charge is -2.27. The third-order valence-electron chi connectivity index (χ3n) is 4.39. The number of nitrogens with two attached hydrogens (primary N) is 1. The lowest BCUT2D eigenvalue weighted by atomic mass is 10.0. The third kappa shape index (κ3) is 5.55. The fraction of sp³-hybridized carbons (Fsp3) is 0.421. The molecule has 144 valence electrons. The van der Waals surface area contributed by atoms with Gasteiger partial charge in [0.2, 0.25) is 0 Å². The number of piperidine rings is 1. The van der Waals surface area contributed by atoms with Crippen molar-refractivity contribution in [1.82, 2.24) is 10.1 Å². The van der Waals surface area contributed by atoms with E-state index in [2.05, 4.69) is 20.5 Å². The van der Waals surface area contributed by atoms with E-state index in [-0.39, 0.29) is 18.3 Å². The molecular weight excluding hydrogens is 346 g/mol. The summed E-state index contributed by atoms with van der Waals surface area (Å²) in [5, 5.41) is 10.1. The summed E-state index contributed by atoms with van der Waals surface area (Å²) >= 11 is 0. The molecule has 0 bridgehead atoms. The molecule has 1 fully saturated rings. The number of hydrogen-bond donors (Lipinski definition) is 2. The van der Waals surface area contributed by atoms with Gasteiger partial charge in [-0.2, -0.15) is 0 Å². The number of carbonyl (C=O) groups excluding carboxylic acids is 1. The van der Waals surface area contributed by atoms with Crippen LogP contribution in [-0.2, 0) is 16.2 Å². The summed E-state index contributed by atoms with van der Waals surface area (Å²) in [7, 11) is 0. The number of aryl methyl sites for hydroxylation is 1. The Balaban J connectivity index is 1.56. The van der Waals surface area contributed by atoms with E-state index in [0.29, 0.717) is 11.6 Å². The zero-order valence-electron chi connectivity index (χ0n) is 15.5. The molecule has 27 heavy (non-hydrogen) atoms. The topological polar surface area (TPSA) is 106 Å². The standard InChI is InChI=1S/C19H25N5O3/c1-14-11-17(22-27-14)21-18(25)13-26-23-19(20)16-8-4-3-7-15(16)12-24-9-5-2-6-10-24/h3-4,7-8,11H,2,5-6,9-10,12-13H2,1H3,(H2,20,23)(H,21,22,25). The minimum atomic E-state index is -0.388. The van der Waals surface area contributed by atoms with Crippen LogP contribution in [0.4, 0.5) is 5.82 Å². The number of oxime groups is 1. The molecule has 0 aliphatic carbocycles. The Labute approximate surface area is 158 Å². The van der Waals surface area contributed by atoms with Gasteiger partial charge in [-0.1, -0.05) is 41.0 Å². The molecule has 8 nitrogen and oxygen atoms in total. The van der Waals surface area contributed by atoms with E-state index in [4.69, 9.17) is 15.1 Å². The van der Waals surface area contributed by atoms with E-state index in [0.717, 1.165) is 30.8 Å². The van der Waals surface area contributed by atoms with Crippen LogP contribution >= 0.6 is 0 Å². The van der Waals surface area contributed by atoms with Crippen LogP contribution in [0, 0.1) is 6.92 Å². The predicted octanol–water partition coefficient (Wildman–Crippen LogP) is 2.24. The number of aromatic nitrogens is 1. The van der Waals surface area contributed by atoms with Gasteiger partial charge in [0, 0.05) is 18.2 Å². The number of amides is 1. The van der Waals surface area contributed by atoms with Crippen LogP contribution in [0.25, 0.3) is 0 Å². The fourth-order valence-corrected chi connectivity index (χ4v) is 3.08. The first-order valence-electron chi connectivity index (χ1n) is 9.11. The largest absolute Gasteiger partial charge is 0.384 e. The first kappa shape index (κ1) is 18.9. The van der Waals surface area contributed by atoms with Crippen molar-refractivity contribution in [1.29, 1.82) is 0 Å². The summed E-state index contributed by atoms with van der Waals surface area (Å²) in [6.45, 7) is 4.51. The van der Waals surface area contributed by atoms with Crippen molar-refractivity contribution in [2.45, 2.75) is 32.7 Å². The molecule has 1 amide bonds. The Morgan fingerprint density at radius 3 is 2.85 bits per heavy atom. The van der Waals surface area contributed by atoms with Crippen molar-refractivity contribution >= 4 is 17.6 Å². The molecule has 2 aromatic rings. The molecule has 1 aromatic carbocycles. The predicted molar refractivity (Wildman–Crippen MR) is 102 cm³/mol. The highest BCUT2D eigenvalue weighted by Crippen LogP contribution is 2.16. The van der Waals surface area contributed by atoms with Crippen LogP contribution in [0.3, 0.4) is 0 Å². The van der Waals surface area contributed by atoms with Gasteiger partial charge in [-0.05, 0) is 38.4 Å². The van der Waals surface area contributed by atoms with Crippen LogP contribution in [0.15, 0.2) is 40.0 Å². The second kappa shape index (κ2) is 9.18. The molecule has 0 spiro atoms. The molecule has 1 saturated heterocycles. The van der Waals surface area contributed by atoms with Gasteiger partial charge in [-0.15, -0.1) is 0 Å². The zero-order valence-corrected chi connectivity index (χ0v) is 15.5. The molecule has 2 heterocycles. The Morgan fingerprint density at radius 2 is 2.11 bits per heavy atom. The van der Waals surface area contributed by atoms with Gasteiger partial charge in [0.25, 0.3) is 5.91 Å². The molecule has 3 rings (SSSR count). The van der Waals surface area contributed by atoms with Gasteiger partial charge in [0.05, 0.1) is 0 Å². The summed E-state index contributed by atoms with van der Waals surface area (Å²) in [5.74, 6) is 0.817. The summed E-state index contributed by atoms with van der Waals surface area (Å²) in [4.78, 5) is 19.4. The molecule has 1 aliphatic heterocycles. The summed E-state index contributed by atoms with van der Waals surface area (Å²) in [6.07, 6.45) is 3.76. The van der Waals surface area contributed by atoms with Crippen molar-refractivity contribution in [3.8, 4) is 0 Å². The zero-order chi connectivity index (χ0) is 19.1. The molecule has 1 aromatic heterocycles. The van der Waals surface area contributed by atoms with Crippen LogP contribution in [-0.4, -0.2) is 41.5 Å². The average molecular weight is 371 g/mol. The van der Waals surface area contributed by atoms with Crippen LogP contribution in [0.5, 0.6) is 0 Å². The Bertz CT molecular complexity index is 796. The Morgan fingerprint density at radius 1 is 1.33 bits per heavy atom. The fourth-order valence-electron chi connectivity index (χ4n) is 3.08. The summed E-state index contributed by atoms with van der Waals surface area (Å²) < 4.78 is 4.88. The second-order valence-corrected chi connectivity index (χ2v) is 6.61. The van der Waals surface area contributed by atoms with Crippen molar-refractivity contribution in [3.63, 3.8) is 0 Å². The van der Waals surface area contributed by atoms with Crippen molar-refractivity contribution in [2.75, 3.05) is 25.0 Å². The average Bonchev–Trinajstić information content (AvgIpc) is 3.07. The number of amidine groups is 1. The normalized spacial score (nSPS) is 15.5. The number of nitrogens with zero attached hydrogens (tertiary/aromatic N) is 3. The summed E-state index contributed by atoms with van der Waals surface area (Å²) in [5.41, 5.74) is 8.02. The number of nitrogens with one attached hydrogen (secondary N) is 1. The molecule has 8 heteroatoms. The number of likely N-dealkylation sites (tertiary alicyclic amines) is 1. The number of carbonyl (C=O) groups is 1. The smallest absolute Gasteiger partial charge is 0.266 e. The monoisotopic (exact) mass is 371 g/mol. The van der Waals surface area contributed by atoms with Crippen LogP contribution < -0.4 is 11.1 Å². The lowest BCUT2D eigenvalue weighted by molar-refractivity contribution is -0.120. The van der Waals surface area contributed by atoms with E-state index in [9.17, 15) is 4.79 Å². The van der Waals surface area contributed by atoms with E-state index >= 15 is 0 Å². The molecule has 0 saturated carbocycles. The van der Waals surface area contributed by atoms with Crippen molar-refractivity contribution in [3.05, 3.63) is 47.2 Å². The maximum absolute atomic E-state index is 11.8. The van der Waals surface area contributed by atoms with E-state index in [1.807, 2.05) is 24.3 Å². The number of rotatable bonds is 7. The molecule has 3 N–H and O–H groups in total. The minimum Gasteiger partial charge on any atom is -0.384 e. The number of anilines is 1. The van der Waals surface area contributed by atoms with Gasteiger partial charge in [0.1, 0.15) is 5.76 Å². The van der Waals surface area contributed by atoms with Gasteiger partial charge >= 0.3 is 0 Å². The molecule has 0 radical (unpaired) electrons. The van der Waals surface area contributed by atoms with E-state index in [1.165, 1.54) is 19.3 Å². The highest BCUT2D eigenvalue weighted by atomic mass is 16.6. The molecule has 1 aliphatic rings. The van der Waals surface area contributed by atoms with Gasteiger partial charge < -0.3 is 20.4 Å². The maximum Gasteiger partial charge on any atom is 0.266 e. The summed E-state index contributed by atoms with van der Waals surface area (Å²) in [6, 6.07) is 9.49. The van der Waals surface area contributed by atoms with Crippen molar-refractivity contribution < 1.29 is 14.2 Å².